The lowest BCUT2D eigenvalue weighted by Crippen LogP contribution is -2.10. The van der Waals surface area contributed by atoms with E-state index < -0.39 is 0 Å². The van der Waals surface area contributed by atoms with Gasteiger partial charge in [0, 0.05) is 26.2 Å². The lowest BCUT2D eigenvalue weighted by atomic mass is 10.1. The van der Waals surface area contributed by atoms with Gasteiger partial charge in [-0.2, -0.15) is 0 Å². The first-order valence-electron chi connectivity index (χ1n) is 5.17. The van der Waals surface area contributed by atoms with Crippen LogP contribution in [0.2, 0.25) is 0 Å². The van der Waals surface area contributed by atoms with Crippen molar-refractivity contribution in [3.8, 4) is 0 Å². The van der Waals surface area contributed by atoms with Gasteiger partial charge in [0.05, 0.1) is 6.61 Å². The van der Waals surface area contributed by atoms with Crippen LogP contribution in [0.4, 0.5) is 0 Å². The van der Waals surface area contributed by atoms with E-state index >= 15 is 0 Å². The van der Waals surface area contributed by atoms with Gasteiger partial charge in [-0.25, -0.2) is 0 Å². The van der Waals surface area contributed by atoms with E-state index in [1.54, 1.807) is 7.11 Å². The van der Waals surface area contributed by atoms with E-state index in [9.17, 15) is 0 Å². The standard InChI is InChI=1S/C12H17NO/c1-14-10-12-9-13(12)8-7-11-5-3-2-4-6-11/h2-6,12H,7-10H2,1H3/t12-,13?/m1/s1. The third-order valence-electron chi connectivity index (χ3n) is 2.72. The van der Waals surface area contributed by atoms with Gasteiger partial charge in [0.1, 0.15) is 0 Å². The predicted molar refractivity (Wildman–Crippen MR) is 57.4 cm³/mol. The Labute approximate surface area is 85.5 Å². The highest BCUT2D eigenvalue weighted by molar-refractivity contribution is 5.15. The topological polar surface area (TPSA) is 12.2 Å². The molecule has 0 amide bonds. The molecule has 1 fully saturated rings. The zero-order valence-electron chi connectivity index (χ0n) is 8.65. The molecule has 2 nitrogen and oxygen atoms in total. The summed E-state index contributed by atoms with van der Waals surface area (Å²) < 4.78 is 5.11. The minimum atomic E-state index is 0.684. The van der Waals surface area contributed by atoms with Crippen LogP contribution in [-0.4, -0.2) is 37.7 Å². The molecular formula is C12H17NO. The maximum Gasteiger partial charge on any atom is 0.0630 e. The molecule has 1 aliphatic heterocycles. The fraction of sp³-hybridized carbons (Fsp3) is 0.500. The summed E-state index contributed by atoms with van der Waals surface area (Å²) in [5, 5.41) is 0. The minimum absolute atomic E-state index is 0.684. The van der Waals surface area contributed by atoms with Gasteiger partial charge in [-0.05, 0) is 12.0 Å². The highest BCUT2D eigenvalue weighted by Crippen LogP contribution is 2.17. The van der Waals surface area contributed by atoms with E-state index in [-0.39, 0.29) is 0 Å². The molecule has 1 aromatic rings. The van der Waals surface area contributed by atoms with Crippen LogP contribution in [0.1, 0.15) is 5.56 Å². The Bertz CT molecular complexity index is 273. The van der Waals surface area contributed by atoms with Crippen LogP contribution in [0.3, 0.4) is 0 Å². The smallest absolute Gasteiger partial charge is 0.0630 e. The molecule has 1 saturated heterocycles. The molecule has 1 aliphatic rings. The van der Waals surface area contributed by atoms with Crippen molar-refractivity contribution in [2.75, 3.05) is 26.8 Å². The molecule has 2 heteroatoms. The van der Waals surface area contributed by atoms with Gasteiger partial charge in [0.25, 0.3) is 0 Å². The third-order valence-corrected chi connectivity index (χ3v) is 2.72. The van der Waals surface area contributed by atoms with Gasteiger partial charge >= 0.3 is 0 Å². The zero-order valence-corrected chi connectivity index (χ0v) is 8.65. The van der Waals surface area contributed by atoms with Crippen LogP contribution in [0.25, 0.3) is 0 Å². The summed E-state index contributed by atoms with van der Waals surface area (Å²) in [4.78, 5) is 2.45. The van der Waals surface area contributed by atoms with E-state index in [2.05, 4.69) is 35.2 Å². The zero-order chi connectivity index (χ0) is 9.80. The van der Waals surface area contributed by atoms with Crippen molar-refractivity contribution < 1.29 is 4.74 Å². The molecule has 1 unspecified atom stereocenters. The van der Waals surface area contributed by atoms with Crippen LogP contribution in [0, 0.1) is 0 Å². The first-order valence-corrected chi connectivity index (χ1v) is 5.17. The van der Waals surface area contributed by atoms with E-state index in [4.69, 9.17) is 4.74 Å². The summed E-state index contributed by atoms with van der Waals surface area (Å²) in [5.74, 6) is 0. The summed E-state index contributed by atoms with van der Waals surface area (Å²) in [5.41, 5.74) is 1.43. The maximum absolute atomic E-state index is 5.11. The van der Waals surface area contributed by atoms with Gasteiger partial charge in [0.2, 0.25) is 0 Å². The summed E-state index contributed by atoms with van der Waals surface area (Å²) in [6.45, 7) is 3.26. The summed E-state index contributed by atoms with van der Waals surface area (Å²) in [7, 11) is 1.77. The van der Waals surface area contributed by atoms with Crippen molar-refractivity contribution in [2.45, 2.75) is 12.5 Å². The van der Waals surface area contributed by atoms with Crippen molar-refractivity contribution in [2.24, 2.45) is 0 Å². The molecule has 1 aromatic carbocycles. The Kier molecular flexibility index (Phi) is 3.17. The Morgan fingerprint density at radius 2 is 2.14 bits per heavy atom. The second-order valence-corrected chi connectivity index (χ2v) is 3.84. The first-order chi connectivity index (χ1) is 6.90. The lowest BCUT2D eigenvalue weighted by molar-refractivity contribution is 0.188. The second-order valence-electron chi connectivity index (χ2n) is 3.84. The van der Waals surface area contributed by atoms with Gasteiger partial charge < -0.3 is 4.74 Å². The van der Waals surface area contributed by atoms with E-state index in [1.165, 1.54) is 12.1 Å². The molecule has 0 aromatic heterocycles. The highest BCUT2D eigenvalue weighted by atomic mass is 16.5. The quantitative estimate of drug-likeness (QED) is 0.655. The molecule has 0 N–H and O–H groups in total. The van der Waals surface area contributed by atoms with E-state index in [1.807, 2.05) is 0 Å². The normalized spacial score (nSPS) is 24.9. The Morgan fingerprint density at radius 3 is 2.86 bits per heavy atom. The molecule has 0 spiro atoms. The Morgan fingerprint density at radius 1 is 1.36 bits per heavy atom. The maximum atomic E-state index is 5.11. The molecule has 2 rings (SSSR count). The van der Waals surface area contributed by atoms with Crippen molar-refractivity contribution >= 4 is 0 Å². The van der Waals surface area contributed by atoms with Crippen molar-refractivity contribution in [1.82, 2.24) is 4.90 Å². The number of methoxy groups -OCH3 is 1. The highest BCUT2D eigenvalue weighted by Gasteiger charge is 2.32. The van der Waals surface area contributed by atoms with Crippen molar-refractivity contribution in [1.29, 1.82) is 0 Å². The molecule has 1 heterocycles. The number of ether oxygens (including phenoxy) is 1. The first kappa shape index (κ1) is 9.69. The van der Waals surface area contributed by atoms with Crippen LogP contribution in [0.15, 0.2) is 30.3 Å². The molecule has 0 aliphatic carbocycles. The Hall–Kier alpha value is -0.860. The lowest BCUT2D eigenvalue weighted by Gasteiger charge is -2.03. The average molecular weight is 191 g/mol. The summed E-state index contributed by atoms with van der Waals surface area (Å²) in [6, 6.07) is 11.3. The summed E-state index contributed by atoms with van der Waals surface area (Å²) >= 11 is 0. The molecule has 14 heavy (non-hydrogen) atoms. The fourth-order valence-corrected chi connectivity index (χ4v) is 1.77. The molecule has 0 saturated carbocycles. The Balaban J connectivity index is 1.70. The van der Waals surface area contributed by atoms with Crippen LogP contribution >= 0.6 is 0 Å². The average Bonchev–Trinajstić information content (AvgIpc) is 2.96. The third kappa shape index (κ3) is 2.56. The molecule has 2 atom stereocenters. The second kappa shape index (κ2) is 4.58. The number of hydrogen-bond acceptors (Lipinski definition) is 2. The molecule has 0 bridgehead atoms. The van der Waals surface area contributed by atoms with Crippen LogP contribution in [-0.2, 0) is 11.2 Å². The van der Waals surface area contributed by atoms with Gasteiger partial charge in [-0.1, -0.05) is 30.3 Å². The fourth-order valence-electron chi connectivity index (χ4n) is 1.77. The molecular weight excluding hydrogens is 174 g/mol. The largest absolute Gasteiger partial charge is 0.383 e. The van der Waals surface area contributed by atoms with Gasteiger partial charge in [-0.3, -0.25) is 4.90 Å². The SMILES string of the molecule is COC[C@H]1CN1CCc1ccccc1. The van der Waals surface area contributed by atoms with Crippen LogP contribution < -0.4 is 0 Å². The predicted octanol–water partition coefficient (Wildman–Crippen LogP) is 1.56. The molecule has 76 valence electrons. The summed E-state index contributed by atoms with van der Waals surface area (Å²) in [6.07, 6.45) is 1.15. The van der Waals surface area contributed by atoms with E-state index in [0.29, 0.717) is 6.04 Å². The number of hydrogen-bond donors (Lipinski definition) is 0. The van der Waals surface area contributed by atoms with Crippen molar-refractivity contribution in [3.05, 3.63) is 35.9 Å². The minimum Gasteiger partial charge on any atom is -0.383 e. The molecule has 0 radical (unpaired) electrons. The van der Waals surface area contributed by atoms with Gasteiger partial charge in [0.15, 0.2) is 0 Å². The van der Waals surface area contributed by atoms with Crippen molar-refractivity contribution in [3.63, 3.8) is 0 Å². The van der Waals surface area contributed by atoms with Crippen LogP contribution in [0.5, 0.6) is 0 Å². The number of nitrogens with zero attached hydrogens (tertiary/aromatic N) is 1. The number of rotatable bonds is 5. The monoisotopic (exact) mass is 191 g/mol. The van der Waals surface area contributed by atoms with Gasteiger partial charge in [-0.15, -0.1) is 0 Å². The number of benzene rings is 1. The van der Waals surface area contributed by atoms with E-state index in [0.717, 1.165) is 19.6 Å².